The summed E-state index contributed by atoms with van der Waals surface area (Å²) in [5.41, 5.74) is -1.51. The van der Waals surface area contributed by atoms with E-state index < -0.39 is 34.6 Å². The molecule has 0 heterocycles. The summed E-state index contributed by atoms with van der Waals surface area (Å²) in [5.74, 6) is -7.60. The predicted molar refractivity (Wildman–Crippen MR) is 69.3 cm³/mol. The fraction of sp³-hybridized carbons (Fsp3) is 0.133. The summed E-state index contributed by atoms with van der Waals surface area (Å²) in [7, 11) is 2.66. The van der Waals surface area contributed by atoms with Gasteiger partial charge in [-0.25, -0.2) is 17.6 Å². The number of ether oxygens (including phenoxy) is 2. The van der Waals surface area contributed by atoms with Gasteiger partial charge in [-0.15, -0.1) is 0 Å². The van der Waals surface area contributed by atoms with Gasteiger partial charge in [0.05, 0.1) is 14.2 Å². The smallest absolute Gasteiger partial charge is 0.199 e. The normalized spacial score (nSPS) is 10.5. The van der Waals surface area contributed by atoms with E-state index in [1.54, 1.807) is 0 Å². The summed E-state index contributed by atoms with van der Waals surface area (Å²) in [6.45, 7) is 0. The number of ketones is 1. The molecular weight excluding hydrogens is 304 g/mol. The van der Waals surface area contributed by atoms with E-state index in [9.17, 15) is 22.4 Å². The third kappa shape index (κ3) is 2.61. The van der Waals surface area contributed by atoms with Crippen LogP contribution in [0.15, 0.2) is 24.3 Å². The van der Waals surface area contributed by atoms with E-state index in [0.717, 1.165) is 6.07 Å². The van der Waals surface area contributed by atoms with E-state index in [-0.39, 0.29) is 23.1 Å². The number of halogens is 4. The molecule has 3 nitrogen and oxygen atoms in total. The van der Waals surface area contributed by atoms with E-state index in [4.69, 9.17) is 9.47 Å². The molecule has 0 amide bonds. The van der Waals surface area contributed by atoms with E-state index in [1.165, 1.54) is 26.4 Å². The second-order valence-electron chi connectivity index (χ2n) is 4.24. The molecular formula is C15H10F4O3. The van der Waals surface area contributed by atoms with E-state index in [2.05, 4.69) is 0 Å². The Balaban J connectivity index is 2.58. The minimum Gasteiger partial charge on any atom is -0.493 e. The van der Waals surface area contributed by atoms with Crippen LogP contribution >= 0.6 is 0 Å². The second kappa shape index (κ2) is 6.05. The highest BCUT2D eigenvalue weighted by Crippen LogP contribution is 2.30. The summed E-state index contributed by atoms with van der Waals surface area (Å²) >= 11 is 0. The molecule has 2 aromatic rings. The second-order valence-corrected chi connectivity index (χ2v) is 4.24. The van der Waals surface area contributed by atoms with Gasteiger partial charge in [0.1, 0.15) is 5.56 Å². The van der Waals surface area contributed by atoms with Crippen molar-refractivity contribution in [2.24, 2.45) is 0 Å². The SMILES string of the molecule is COc1ccc(C(=O)c2c(F)c(F)cc(F)c2F)cc1OC. The van der Waals surface area contributed by atoms with Crippen molar-refractivity contribution in [1.82, 2.24) is 0 Å². The number of methoxy groups -OCH3 is 2. The molecule has 0 saturated carbocycles. The number of carbonyl (C=O) groups is 1. The van der Waals surface area contributed by atoms with Gasteiger partial charge in [0.25, 0.3) is 0 Å². The van der Waals surface area contributed by atoms with Crippen LogP contribution in [0.2, 0.25) is 0 Å². The molecule has 0 N–H and O–H groups in total. The highest BCUT2D eigenvalue weighted by atomic mass is 19.2. The van der Waals surface area contributed by atoms with Crippen LogP contribution in [0.4, 0.5) is 17.6 Å². The van der Waals surface area contributed by atoms with Crippen molar-refractivity contribution < 1.29 is 31.8 Å². The topological polar surface area (TPSA) is 35.5 Å². The monoisotopic (exact) mass is 314 g/mol. The van der Waals surface area contributed by atoms with Gasteiger partial charge in [0.2, 0.25) is 0 Å². The Morgan fingerprint density at radius 3 is 1.91 bits per heavy atom. The number of hydrogen-bond acceptors (Lipinski definition) is 3. The molecule has 0 aliphatic carbocycles. The zero-order valence-electron chi connectivity index (χ0n) is 11.5. The summed E-state index contributed by atoms with van der Waals surface area (Å²) in [6.07, 6.45) is 0. The van der Waals surface area contributed by atoms with Crippen molar-refractivity contribution in [1.29, 1.82) is 0 Å². The van der Waals surface area contributed by atoms with Gasteiger partial charge in [-0.1, -0.05) is 0 Å². The number of hydrogen-bond donors (Lipinski definition) is 0. The summed E-state index contributed by atoms with van der Waals surface area (Å²) in [4.78, 5) is 12.2. The fourth-order valence-corrected chi connectivity index (χ4v) is 1.89. The van der Waals surface area contributed by atoms with Gasteiger partial charge >= 0.3 is 0 Å². The Labute approximate surface area is 123 Å². The Hall–Kier alpha value is -2.57. The average molecular weight is 314 g/mol. The summed E-state index contributed by atoms with van der Waals surface area (Å²) in [5, 5.41) is 0. The minimum absolute atomic E-state index is 0.0377. The molecule has 0 aromatic heterocycles. The van der Waals surface area contributed by atoms with Gasteiger partial charge in [0, 0.05) is 11.6 Å². The highest BCUT2D eigenvalue weighted by molar-refractivity contribution is 6.09. The van der Waals surface area contributed by atoms with Crippen molar-refractivity contribution in [3.8, 4) is 11.5 Å². The quantitative estimate of drug-likeness (QED) is 0.492. The first kappa shape index (κ1) is 15.8. The third-order valence-corrected chi connectivity index (χ3v) is 2.98. The lowest BCUT2D eigenvalue weighted by Crippen LogP contribution is -2.11. The lowest BCUT2D eigenvalue weighted by Gasteiger charge is -2.10. The van der Waals surface area contributed by atoms with E-state index in [0.29, 0.717) is 0 Å². The zero-order chi connectivity index (χ0) is 16.4. The highest BCUT2D eigenvalue weighted by Gasteiger charge is 2.26. The van der Waals surface area contributed by atoms with Crippen molar-refractivity contribution >= 4 is 5.78 Å². The molecule has 0 unspecified atom stereocenters. The minimum atomic E-state index is -1.75. The van der Waals surface area contributed by atoms with E-state index in [1.807, 2.05) is 0 Å². The first-order chi connectivity index (χ1) is 10.4. The lowest BCUT2D eigenvalue weighted by molar-refractivity contribution is 0.102. The Morgan fingerprint density at radius 2 is 1.41 bits per heavy atom. The molecule has 0 aliphatic rings. The van der Waals surface area contributed by atoms with Gasteiger partial charge < -0.3 is 9.47 Å². The Kier molecular flexibility index (Phi) is 4.35. The molecule has 0 bridgehead atoms. The van der Waals surface area contributed by atoms with E-state index >= 15 is 0 Å². The molecule has 0 fully saturated rings. The molecule has 0 radical (unpaired) electrons. The zero-order valence-corrected chi connectivity index (χ0v) is 11.5. The predicted octanol–water partition coefficient (Wildman–Crippen LogP) is 3.49. The van der Waals surface area contributed by atoms with Crippen molar-refractivity contribution in [3.05, 3.63) is 58.7 Å². The molecule has 0 atom stereocenters. The standard InChI is InChI=1S/C15H10F4O3/c1-21-10-4-3-7(5-11(10)22-2)15(20)12-13(18)8(16)6-9(17)14(12)19/h3-6H,1-2H3. The molecule has 7 heteroatoms. The van der Waals surface area contributed by atoms with Gasteiger partial charge in [-0.2, -0.15) is 0 Å². The molecule has 22 heavy (non-hydrogen) atoms. The van der Waals surface area contributed by atoms with Crippen molar-refractivity contribution in [2.75, 3.05) is 14.2 Å². The van der Waals surface area contributed by atoms with Crippen LogP contribution in [0.5, 0.6) is 11.5 Å². The summed E-state index contributed by atoms with van der Waals surface area (Å²) < 4.78 is 63.6. The van der Waals surface area contributed by atoms with Crippen LogP contribution in [-0.4, -0.2) is 20.0 Å². The average Bonchev–Trinajstić information content (AvgIpc) is 2.52. The first-order valence-corrected chi connectivity index (χ1v) is 6.00. The van der Waals surface area contributed by atoms with Crippen LogP contribution in [0.25, 0.3) is 0 Å². The maximum atomic E-state index is 13.6. The Morgan fingerprint density at radius 1 is 0.864 bits per heavy atom. The maximum Gasteiger partial charge on any atom is 0.199 e. The van der Waals surface area contributed by atoms with Gasteiger partial charge in [-0.05, 0) is 18.2 Å². The van der Waals surface area contributed by atoms with Crippen LogP contribution in [-0.2, 0) is 0 Å². The van der Waals surface area contributed by atoms with Crippen LogP contribution < -0.4 is 9.47 Å². The van der Waals surface area contributed by atoms with Crippen LogP contribution in [0.3, 0.4) is 0 Å². The van der Waals surface area contributed by atoms with Gasteiger partial charge in [-0.3, -0.25) is 4.79 Å². The van der Waals surface area contributed by atoms with Crippen molar-refractivity contribution in [2.45, 2.75) is 0 Å². The molecule has 0 spiro atoms. The van der Waals surface area contributed by atoms with Crippen LogP contribution in [0, 0.1) is 23.3 Å². The largest absolute Gasteiger partial charge is 0.493 e. The number of carbonyl (C=O) groups excluding carboxylic acids is 1. The molecule has 0 aliphatic heterocycles. The molecule has 116 valence electrons. The lowest BCUT2D eigenvalue weighted by atomic mass is 10.0. The fourth-order valence-electron chi connectivity index (χ4n) is 1.89. The Bertz CT molecular complexity index is 718. The number of rotatable bonds is 4. The molecule has 2 rings (SSSR count). The summed E-state index contributed by atoms with van der Waals surface area (Å²) in [6, 6.07) is 3.72. The molecule has 0 saturated heterocycles. The first-order valence-electron chi connectivity index (χ1n) is 6.00. The van der Waals surface area contributed by atoms with Crippen LogP contribution in [0.1, 0.15) is 15.9 Å². The third-order valence-electron chi connectivity index (χ3n) is 2.98. The van der Waals surface area contributed by atoms with Gasteiger partial charge in [0.15, 0.2) is 40.6 Å². The maximum absolute atomic E-state index is 13.6. The molecule has 2 aromatic carbocycles. The van der Waals surface area contributed by atoms with Crippen molar-refractivity contribution in [3.63, 3.8) is 0 Å². The number of benzene rings is 2.